The third-order valence-electron chi connectivity index (χ3n) is 3.78. The molecule has 0 saturated heterocycles. The van der Waals surface area contributed by atoms with Gasteiger partial charge in [0.15, 0.2) is 5.11 Å². The highest BCUT2D eigenvalue weighted by Gasteiger charge is 2.21. The lowest BCUT2D eigenvalue weighted by Crippen LogP contribution is -2.38. The molecule has 6 heteroatoms. The molecule has 0 aliphatic heterocycles. The van der Waals surface area contributed by atoms with Gasteiger partial charge in [0.25, 0.3) is 0 Å². The number of carboxylic acids is 1. The third-order valence-corrected chi connectivity index (χ3v) is 3.98. The van der Waals surface area contributed by atoms with Gasteiger partial charge in [-0.15, -0.1) is 0 Å². The van der Waals surface area contributed by atoms with Crippen molar-refractivity contribution in [3.8, 4) is 0 Å². The summed E-state index contributed by atoms with van der Waals surface area (Å²) in [6.45, 7) is 0. The Kier molecular flexibility index (Phi) is 6.29. The molecule has 1 aliphatic rings. The number of rotatable bonds is 4. The van der Waals surface area contributed by atoms with Gasteiger partial charge in [-0.25, -0.2) is 4.79 Å². The molecule has 2 rings (SSSR count). The zero-order valence-corrected chi connectivity index (χ0v) is 13.6. The normalized spacial score (nSPS) is 15.3. The van der Waals surface area contributed by atoms with Gasteiger partial charge >= 0.3 is 5.97 Å². The molecule has 1 amide bonds. The van der Waals surface area contributed by atoms with Gasteiger partial charge in [-0.2, -0.15) is 0 Å². The smallest absolute Gasteiger partial charge is 0.328 e. The first-order valence-corrected chi connectivity index (χ1v) is 8.08. The Labute approximate surface area is 140 Å². The lowest BCUT2D eigenvalue weighted by molar-refractivity contribution is -0.131. The number of anilines is 1. The highest BCUT2D eigenvalue weighted by Crippen LogP contribution is 2.23. The quantitative estimate of drug-likeness (QED) is 0.583. The maximum absolute atomic E-state index is 12.1. The van der Waals surface area contributed by atoms with Gasteiger partial charge in [-0.1, -0.05) is 31.4 Å². The monoisotopic (exact) mass is 332 g/mol. The number of nitrogens with one attached hydrogen (secondary N) is 2. The first-order valence-electron chi connectivity index (χ1n) is 7.67. The van der Waals surface area contributed by atoms with Gasteiger partial charge in [0.2, 0.25) is 5.91 Å². The summed E-state index contributed by atoms with van der Waals surface area (Å²) in [5.41, 5.74) is 1.44. The number of thiocarbonyl (C=S) groups is 1. The first kappa shape index (κ1) is 17.1. The summed E-state index contributed by atoms with van der Waals surface area (Å²) in [6, 6.07) is 7.14. The minimum absolute atomic E-state index is 0.0240. The van der Waals surface area contributed by atoms with Crippen molar-refractivity contribution < 1.29 is 14.7 Å². The summed E-state index contributed by atoms with van der Waals surface area (Å²) in [7, 11) is 0. The van der Waals surface area contributed by atoms with E-state index in [1.165, 1.54) is 12.5 Å². The van der Waals surface area contributed by atoms with E-state index < -0.39 is 5.97 Å². The zero-order valence-electron chi connectivity index (χ0n) is 12.7. The van der Waals surface area contributed by atoms with Gasteiger partial charge in [0.05, 0.1) is 0 Å². The van der Waals surface area contributed by atoms with Crippen LogP contribution >= 0.6 is 12.2 Å². The largest absolute Gasteiger partial charge is 0.478 e. The van der Waals surface area contributed by atoms with E-state index in [0.29, 0.717) is 5.69 Å². The van der Waals surface area contributed by atoms with Crippen molar-refractivity contribution >= 4 is 41.0 Å². The van der Waals surface area contributed by atoms with E-state index in [1.807, 2.05) is 0 Å². The molecule has 1 aliphatic carbocycles. The average molecular weight is 332 g/mol. The van der Waals surface area contributed by atoms with E-state index in [0.717, 1.165) is 37.3 Å². The molecule has 23 heavy (non-hydrogen) atoms. The van der Waals surface area contributed by atoms with E-state index in [4.69, 9.17) is 17.3 Å². The number of carbonyl (C=O) groups is 2. The lowest BCUT2D eigenvalue weighted by Gasteiger charge is -2.21. The van der Waals surface area contributed by atoms with Crippen molar-refractivity contribution in [3.05, 3.63) is 35.9 Å². The molecule has 1 saturated carbocycles. The summed E-state index contributed by atoms with van der Waals surface area (Å²) in [6.07, 6.45) is 7.79. The van der Waals surface area contributed by atoms with Crippen LogP contribution in [0, 0.1) is 5.92 Å². The first-order chi connectivity index (χ1) is 11.0. The Hall–Kier alpha value is -2.21. The van der Waals surface area contributed by atoms with Crippen molar-refractivity contribution in [3.63, 3.8) is 0 Å². The molecule has 0 bridgehead atoms. The number of hydrogen-bond donors (Lipinski definition) is 3. The van der Waals surface area contributed by atoms with Gasteiger partial charge in [-0.05, 0) is 48.8 Å². The standard InChI is InChI=1S/C17H20N2O3S/c20-15(21)10-9-12-5-4-8-14(11-12)18-17(23)19-16(22)13-6-2-1-3-7-13/h4-5,8-11,13H,1-3,6-7H2,(H,20,21)(H2,18,19,22,23). The van der Waals surface area contributed by atoms with Crippen molar-refractivity contribution in [2.75, 3.05) is 5.32 Å². The molecule has 1 fully saturated rings. The highest BCUT2D eigenvalue weighted by molar-refractivity contribution is 7.80. The minimum Gasteiger partial charge on any atom is -0.478 e. The topological polar surface area (TPSA) is 78.4 Å². The molecule has 5 nitrogen and oxygen atoms in total. The molecule has 0 unspecified atom stereocenters. The highest BCUT2D eigenvalue weighted by atomic mass is 32.1. The van der Waals surface area contributed by atoms with Gasteiger partial charge in [0.1, 0.15) is 0 Å². The minimum atomic E-state index is -1.00. The van der Waals surface area contributed by atoms with Crippen LogP contribution < -0.4 is 10.6 Å². The molecule has 0 atom stereocenters. The second-order valence-electron chi connectivity index (χ2n) is 5.58. The lowest BCUT2D eigenvalue weighted by atomic mass is 9.89. The summed E-state index contributed by atoms with van der Waals surface area (Å²) in [5.74, 6) is -0.976. The predicted octanol–water partition coefficient (Wildman–Crippen LogP) is 3.18. The fraction of sp³-hybridized carbons (Fsp3) is 0.353. The molecule has 122 valence electrons. The molecule has 0 heterocycles. The summed E-state index contributed by atoms with van der Waals surface area (Å²) < 4.78 is 0. The molecule has 0 spiro atoms. The Morgan fingerprint density at radius 1 is 1.22 bits per heavy atom. The van der Waals surface area contributed by atoms with Crippen molar-refractivity contribution in [2.24, 2.45) is 5.92 Å². The Morgan fingerprint density at radius 2 is 1.96 bits per heavy atom. The van der Waals surface area contributed by atoms with Crippen LogP contribution in [-0.4, -0.2) is 22.1 Å². The number of hydrogen-bond acceptors (Lipinski definition) is 3. The Balaban J connectivity index is 1.90. The molecule has 3 N–H and O–H groups in total. The van der Waals surface area contributed by atoms with Crippen LogP contribution in [0.1, 0.15) is 37.7 Å². The SMILES string of the molecule is O=C(O)C=Cc1cccc(NC(=S)NC(=O)C2CCCCC2)c1. The van der Waals surface area contributed by atoms with E-state index >= 15 is 0 Å². The van der Waals surface area contributed by atoms with Crippen molar-refractivity contribution in [2.45, 2.75) is 32.1 Å². The van der Waals surface area contributed by atoms with Crippen molar-refractivity contribution in [1.29, 1.82) is 0 Å². The van der Waals surface area contributed by atoms with Crippen LogP contribution in [0.15, 0.2) is 30.3 Å². The van der Waals surface area contributed by atoms with Crippen LogP contribution in [0.25, 0.3) is 6.08 Å². The second-order valence-corrected chi connectivity index (χ2v) is 5.98. The van der Waals surface area contributed by atoms with Gasteiger partial charge < -0.3 is 15.7 Å². The average Bonchev–Trinajstić information content (AvgIpc) is 2.54. The number of carbonyl (C=O) groups excluding carboxylic acids is 1. The molecular formula is C17H20N2O3S. The van der Waals surface area contributed by atoms with Gasteiger partial charge in [0, 0.05) is 17.7 Å². The summed E-state index contributed by atoms with van der Waals surface area (Å²) in [5, 5.41) is 14.6. The van der Waals surface area contributed by atoms with E-state index in [9.17, 15) is 9.59 Å². The van der Waals surface area contributed by atoms with Crippen LogP contribution in [0.3, 0.4) is 0 Å². The fourth-order valence-electron chi connectivity index (χ4n) is 2.63. The molecular weight excluding hydrogens is 312 g/mol. The summed E-state index contributed by atoms with van der Waals surface area (Å²) >= 11 is 5.18. The molecule has 1 aromatic carbocycles. The predicted molar refractivity (Wildman–Crippen MR) is 94.1 cm³/mol. The van der Waals surface area contributed by atoms with Crippen LogP contribution in [0.4, 0.5) is 5.69 Å². The van der Waals surface area contributed by atoms with E-state index in [-0.39, 0.29) is 16.9 Å². The second kappa shape index (κ2) is 8.43. The molecule has 0 radical (unpaired) electrons. The van der Waals surface area contributed by atoms with E-state index in [2.05, 4.69) is 10.6 Å². The number of carboxylic acid groups (broad SMARTS) is 1. The Morgan fingerprint density at radius 3 is 2.65 bits per heavy atom. The maximum atomic E-state index is 12.1. The zero-order chi connectivity index (χ0) is 16.7. The van der Waals surface area contributed by atoms with Crippen molar-refractivity contribution in [1.82, 2.24) is 5.32 Å². The van der Waals surface area contributed by atoms with Gasteiger partial charge in [-0.3, -0.25) is 4.79 Å². The third kappa shape index (κ3) is 5.83. The number of benzene rings is 1. The van der Waals surface area contributed by atoms with E-state index in [1.54, 1.807) is 24.3 Å². The Bertz CT molecular complexity index is 622. The molecule has 1 aromatic rings. The number of amides is 1. The number of aliphatic carboxylic acids is 1. The van der Waals surface area contributed by atoms with Crippen LogP contribution in [0.2, 0.25) is 0 Å². The fourth-order valence-corrected chi connectivity index (χ4v) is 2.85. The molecule has 0 aromatic heterocycles. The van der Waals surface area contributed by atoms with Crippen LogP contribution in [0.5, 0.6) is 0 Å². The maximum Gasteiger partial charge on any atom is 0.328 e. The van der Waals surface area contributed by atoms with Crippen LogP contribution in [-0.2, 0) is 9.59 Å². The summed E-state index contributed by atoms with van der Waals surface area (Å²) in [4.78, 5) is 22.7.